The monoisotopic (exact) mass is 589 g/mol. The summed E-state index contributed by atoms with van der Waals surface area (Å²) in [5, 5.41) is 4.67. The van der Waals surface area contributed by atoms with Crippen LogP contribution in [0, 0.1) is 13.8 Å². The Kier molecular flexibility index (Phi) is 6.92. The molecule has 46 heavy (non-hydrogen) atoms. The van der Waals surface area contributed by atoms with Crippen LogP contribution in [0.25, 0.3) is 78.0 Å². The summed E-state index contributed by atoms with van der Waals surface area (Å²) in [7, 11) is 0. The van der Waals surface area contributed by atoms with Gasteiger partial charge in [0.1, 0.15) is 0 Å². The number of aryl methyl sites for hydroxylation is 2. The Morgan fingerprint density at radius 3 is 1.35 bits per heavy atom. The van der Waals surface area contributed by atoms with E-state index >= 15 is 0 Å². The first-order valence-electron chi connectivity index (χ1n) is 15.6. The normalized spacial score (nSPS) is 11.3. The van der Waals surface area contributed by atoms with Crippen molar-refractivity contribution in [1.82, 2.24) is 15.0 Å². The maximum atomic E-state index is 5.17. The Hall–Kier alpha value is -5.93. The van der Waals surface area contributed by atoms with E-state index in [1.807, 2.05) is 0 Å². The Balaban J connectivity index is 1.35. The molecule has 0 saturated carbocycles. The molecule has 0 bridgehead atoms. The van der Waals surface area contributed by atoms with E-state index in [0.29, 0.717) is 17.5 Å². The molecule has 7 aromatic carbocycles. The number of hydrogen-bond donors (Lipinski definition) is 0. The topological polar surface area (TPSA) is 38.7 Å². The van der Waals surface area contributed by atoms with Gasteiger partial charge in [0.05, 0.1) is 0 Å². The molecule has 3 nitrogen and oxygen atoms in total. The molecule has 0 aliphatic heterocycles. The van der Waals surface area contributed by atoms with Crippen molar-refractivity contribution >= 4 is 21.5 Å². The molecular formula is C43H31N3. The van der Waals surface area contributed by atoms with Gasteiger partial charge in [0.15, 0.2) is 17.5 Å². The van der Waals surface area contributed by atoms with Gasteiger partial charge in [-0.15, -0.1) is 0 Å². The molecule has 0 spiro atoms. The summed E-state index contributed by atoms with van der Waals surface area (Å²) >= 11 is 0. The minimum Gasteiger partial charge on any atom is -0.208 e. The largest absolute Gasteiger partial charge is 0.208 e. The smallest absolute Gasteiger partial charge is 0.164 e. The van der Waals surface area contributed by atoms with Crippen LogP contribution in [0.3, 0.4) is 0 Å². The van der Waals surface area contributed by atoms with Crippen LogP contribution in [0.5, 0.6) is 0 Å². The van der Waals surface area contributed by atoms with Crippen LogP contribution in [0.15, 0.2) is 152 Å². The van der Waals surface area contributed by atoms with Crippen LogP contribution in [-0.4, -0.2) is 15.0 Å². The van der Waals surface area contributed by atoms with Crippen molar-refractivity contribution in [2.45, 2.75) is 13.8 Å². The molecule has 8 rings (SSSR count). The van der Waals surface area contributed by atoms with E-state index in [9.17, 15) is 0 Å². The summed E-state index contributed by atoms with van der Waals surface area (Å²) < 4.78 is 0. The molecular weight excluding hydrogens is 558 g/mol. The molecule has 1 aromatic heterocycles. The van der Waals surface area contributed by atoms with Crippen LogP contribution < -0.4 is 0 Å². The standard InChI is InChI=1S/C43H31N3/c1-28-17-21-30(22-18-28)32-10-7-12-35(25-32)41-44-42(36-13-8-11-33(26-36)31-23-19-29(2)20-24-31)46-43(45-41)40-27-34-9-3-4-14-37(34)38-15-5-6-16-39(38)40/h3-27H,1-2H3. The van der Waals surface area contributed by atoms with E-state index in [4.69, 9.17) is 15.0 Å². The number of rotatable bonds is 5. The number of nitrogens with zero attached hydrogens (tertiary/aromatic N) is 3. The van der Waals surface area contributed by atoms with Gasteiger partial charge < -0.3 is 0 Å². The second-order valence-corrected chi connectivity index (χ2v) is 11.9. The van der Waals surface area contributed by atoms with E-state index in [-0.39, 0.29) is 0 Å². The van der Waals surface area contributed by atoms with E-state index in [0.717, 1.165) is 49.7 Å². The van der Waals surface area contributed by atoms with E-state index in [1.54, 1.807) is 0 Å². The van der Waals surface area contributed by atoms with Gasteiger partial charge in [-0.1, -0.05) is 145 Å². The molecule has 3 heteroatoms. The lowest BCUT2D eigenvalue weighted by atomic mass is 9.96. The molecule has 0 fully saturated rings. The third-order valence-electron chi connectivity index (χ3n) is 8.66. The Labute approximate surface area is 268 Å². The molecule has 0 atom stereocenters. The first-order chi connectivity index (χ1) is 22.6. The molecule has 0 radical (unpaired) electrons. The third-order valence-corrected chi connectivity index (χ3v) is 8.66. The molecule has 218 valence electrons. The average Bonchev–Trinajstić information content (AvgIpc) is 3.12. The summed E-state index contributed by atoms with van der Waals surface area (Å²) in [5.74, 6) is 1.95. The lowest BCUT2D eigenvalue weighted by molar-refractivity contribution is 1.08. The quantitative estimate of drug-likeness (QED) is 0.187. The molecule has 0 N–H and O–H groups in total. The fourth-order valence-electron chi connectivity index (χ4n) is 6.16. The second-order valence-electron chi connectivity index (χ2n) is 11.9. The fraction of sp³-hybridized carbons (Fsp3) is 0.0465. The van der Waals surface area contributed by atoms with Gasteiger partial charge in [0.2, 0.25) is 0 Å². The van der Waals surface area contributed by atoms with Gasteiger partial charge in [-0.3, -0.25) is 0 Å². The van der Waals surface area contributed by atoms with Crippen molar-refractivity contribution < 1.29 is 0 Å². The predicted molar refractivity (Wildman–Crippen MR) is 191 cm³/mol. The zero-order valence-corrected chi connectivity index (χ0v) is 25.8. The van der Waals surface area contributed by atoms with Gasteiger partial charge in [0, 0.05) is 16.7 Å². The summed E-state index contributed by atoms with van der Waals surface area (Å²) in [4.78, 5) is 15.5. The fourth-order valence-corrected chi connectivity index (χ4v) is 6.16. The molecule has 8 aromatic rings. The Morgan fingerprint density at radius 2 is 0.783 bits per heavy atom. The first-order valence-corrected chi connectivity index (χ1v) is 15.6. The van der Waals surface area contributed by atoms with E-state index in [2.05, 4.69) is 166 Å². The predicted octanol–water partition coefficient (Wildman–Crippen LogP) is 11.1. The van der Waals surface area contributed by atoms with Crippen LogP contribution in [0.4, 0.5) is 0 Å². The van der Waals surface area contributed by atoms with Gasteiger partial charge in [-0.05, 0) is 75.8 Å². The van der Waals surface area contributed by atoms with Gasteiger partial charge in [0.25, 0.3) is 0 Å². The highest BCUT2D eigenvalue weighted by atomic mass is 15.0. The summed E-state index contributed by atoms with van der Waals surface area (Å²) in [6.45, 7) is 4.22. The van der Waals surface area contributed by atoms with E-state index in [1.165, 1.54) is 21.9 Å². The SMILES string of the molecule is Cc1ccc(-c2cccc(-c3nc(-c4cccc(-c5ccc(C)cc5)c4)nc(-c4cc5ccccc5c5ccccc45)n3)c2)cc1. The zero-order valence-electron chi connectivity index (χ0n) is 25.8. The molecule has 0 saturated heterocycles. The van der Waals surface area contributed by atoms with Crippen molar-refractivity contribution in [2.24, 2.45) is 0 Å². The van der Waals surface area contributed by atoms with Crippen molar-refractivity contribution in [3.05, 3.63) is 163 Å². The molecule has 1 heterocycles. The number of hydrogen-bond acceptors (Lipinski definition) is 3. The van der Waals surface area contributed by atoms with Crippen LogP contribution in [-0.2, 0) is 0 Å². The lowest BCUT2D eigenvalue weighted by Gasteiger charge is -2.13. The molecule has 0 amide bonds. The van der Waals surface area contributed by atoms with Crippen LogP contribution in [0.1, 0.15) is 11.1 Å². The minimum absolute atomic E-state index is 0.645. The van der Waals surface area contributed by atoms with Crippen LogP contribution in [0.2, 0.25) is 0 Å². The Bertz CT molecular complexity index is 2260. The number of benzene rings is 7. The van der Waals surface area contributed by atoms with Gasteiger partial charge >= 0.3 is 0 Å². The summed E-state index contributed by atoms with van der Waals surface area (Å²) in [6, 6.07) is 53.4. The highest BCUT2D eigenvalue weighted by Gasteiger charge is 2.17. The second kappa shape index (κ2) is 11.5. The van der Waals surface area contributed by atoms with Gasteiger partial charge in [-0.2, -0.15) is 0 Å². The highest BCUT2D eigenvalue weighted by Crippen LogP contribution is 2.36. The number of aromatic nitrogens is 3. The third kappa shape index (κ3) is 5.22. The summed E-state index contributed by atoms with van der Waals surface area (Å²) in [6.07, 6.45) is 0. The average molecular weight is 590 g/mol. The lowest BCUT2D eigenvalue weighted by Crippen LogP contribution is -2.01. The summed E-state index contributed by atoms with van der Waals surface area (Å²) in [5.41, 5.74) is 9.93. The maximum absolute atomic E-state index is 5.17. The minimum atomic E-state index is 0.645. The molecule has 0 aliphatic rings. The zero-order chi connectivity index (χ0) is 31.0. The van der Waals surface area contributed by atoms with Gasteiger partial charge in [-0.25, -0.2) is 15.0 Å². The first kappa shape index (κ1) is 27.6. The van der Waals surface area contributed by atoms with Crippen molar-refractivity contribution in [2.75, 3.05) is 0 Å². The van der Waals surface area contributed by atoms with Crippen molar-refractivity contribution in [3.63, 3.8) is 0 Å². The van der Waals surface area contributed by atoms with Crippen LogP contribution >= 0.6 is 0 Å². The number of fused-ring (bicyclic) bond motifs is 3. The van der Waals surface area contributed by atoms with E-state index < -0.39 is 0 Å². The maximum Gasteiger partial charge on any atom is 0.164 e. The van der Waals surface area contributed by atoms with Crippen molar-refractivity contribution in [1.29, 1.82) is 0 Å². The molecule has 0 unspecified atom stereocenters. The highest BCUT2D eigenvalue weighted by molar-refractivity contribution is 6.13. The van der Waals surface area contributed by atoms with Crippen molar-refractivity contribution in [3.8, 4) is 56.4 Å². The molecule has 0 aliphatic carbocycles. The Morgan fingerprint density at radius 1 is 0.326 bits per heavy atom.